The predicted molar refractivity (Wildman–Crippen MR) is 112 cm³/mol. The number of amides is 2. The molecule has 1 aliphatic rings. The van der Waals surface area contributed by atoms with Gasteiger partial charge in [0.25, 0.3) is 11.8 Å². The van der Waals surface area contributed by atoms with Gasteiger partial charge in [0, 0.05) is 4.88 Å². The van der Waals surface area contributed by atoms with Crippen LogP contribution in [0.5, 0.6) is 0 Å². The molecule has 0 unspecified atom stereocenters. The second-order valence-electron chi connectivity index (χ2n) is 6.99. The van der Waals surface area contributed by atoms with Gasteiger partial charge >= 0.3 is 5.97 Å². The number of rotatable bonds is 6. The smallest absolute Gasteiger partial charge is 0.310 e. The van der Waals surface area contributed by atoms with Gasteiger partial charge in [-0.25, -0.2) is 0 Å². The molecule has 0 bridgehead atoms. The molecule has 6 nitrogen and oxygen atoms in total. The van der Waals surface area contributed by atoms with E-state index < -0.39 is 24.4 Å². The summed E-state index contributed by atoms with van der Waals surface area (Å²) in [6.45, 7) is -0.410. The van der Waals surface area contributed by atoms with Crippen molar-refractivity contribution in [3.05, 3.63) is 64.0 Å². The van der Waals surface area contributed by atoms with Gasteiger partial charge in [-0.1, -0.05) is 42.5 Å². The molecule has 0 fully saturated rings. The summed E-state index contributed by atoms with van der Waals surface area (Å²) in [5.74, 6) is -1.52. The van der Waals surface area contributed by atoms with Crippen LogP contribution in [0, 0.1) is 0 Å². The number of carbonyl (C=O) groups excluding carboxylic acids is 3. The van der Waals surface area contributed by atoms with Crippen molar-refractivity contribution in [2.24, 2.45) is 5.73 Å². The minimum atomic E-state index is -0.548. The Morgan fingerprint density at radius 2 is 1.86 bits per heavy atom. The Labute approximate surface area is 171 Å². The third kappa shape index (κ3) is 4.14. The molecule has 3 aromatic rings. The molecule has 1 aromatic heterocycles. The van der Waals surface area contributed by atoms with Crippen molar-refractivity contribution in [2.45, 2.75) is 25.7 Å². The highest BCUT2D eigenvalue weighted by Crippen LogP contribution is 2.38. The SMILES string of the molecule is NC(=O)c1c(NC(=O)COC(=O)Cc2ccc3ccccc3c2)sc2c1CCC2. The standard InChI is InChI=1S/C22H20N2O4S/c23-21(27)20-16-6-3-7-17(16)29-22(20)24-18(25)12-28-19(26)11-13-8-9-14-4-1-2-5-15(14)10-13/h1-2,4-5,8-10H,3,6-7,11-12H2,(H2,23,27)(H,24,25). The number of fused-ring (bicyclic) bond motifs is 2. The van der Waals surface area contributed by atoms with Crippen LogP contribution >= 0.6 is 11.3 Å². The Bertz CT molecular complexity index is 1120. The van der Waals surface area contributed by atoms with Crippen molar-refractivity contribution >= 4 is 44.9 Å². The zero-order valence-electron chi connectivity index (χ0n) is 15.7. The van der Waals surface area contributed by atoms with E-state index in [4.69, 9.17) is 10.5 Å². The van der Waals surface area contributed by atoms with Gasteiger partial charge in [-0.3, -0.25) is 14.4 Å². The van der Waals surface area contributed by atoms with E-state index in [0.29, 0.717) is 10.6 Å². The number of carbonyl (C=O) groups is 3. The average molecular weight is 408 g/mol. The fourth-order valence-electron chi connectivity index (χ4n) is 3.63. The number of nitrogens with two attached hydrogens (primary N) is 1. The summed E-state index contributed by atoms with van der Waals surface area (Å²) in [4.78, 5) is 37.2. The van der Waals surface area contributed by atoms with Gasteiger partial charge in [-0.2, -0.15) is 0 Å². The maximum Gasteiger partial charge on any atom is 0.310 e. The van der Waals surface area contributed by atoms with Crippen LogP contribution in [-0.2, 0) is 33.6 Å². The molecule has 0 saturated heterocycles. The number of hydrogen-bond donors (Lipinski definition) is 2. The molecule has 3 N–H and O–H groups in total. The van der Waals surface area contributed by atoms with E-state index in [-0.39, 0.29) is 6.42 Å². The molecule has 4 rings (SSSR count). The molecule has 0 atom stereocenters. The molecular weight excluding hydrogens is 388 g/mol. The minimum absolute atomic E-state index is 0.0813. The zero-order valence-corrected chi connectivity index (χ0v) is 16.5. The number of ether oxygens (including phenoxy) is 1. The lowest BCUT2D eigenvalue weighted by Crippen LogP contribution is -2.23. The Morgan fingerprint density at radius 3 is 2.66 bits per heavy atom. The predicted octanol–water partition coefficient (Wildman–Crippen LogP) is 3.21. The van der Waals surface area contributed by atoms with Crippen LogP contribution in [-0.4, -0.2) is 24.4 Å². The molecule has 148 valence electrons. The Morgan fingerprint density at radius 1 is 1.07 bits per heavy atom. The number of esters is 1. The molecule has 2 amide bonds. The largest absolute Gasteiger partial charge is 0.455 e. The van der Waals surface area contributed by atoms with E-state index in [1.54, 1.807) is 0 Å². The fraction of sp³-hybridized carbons (Fsp3) is 0.227. The van der Waals surface area contributed by atoms with Crippen LogP contribution in [0.1, 0.15) is 32.8 Å². The number of primary amides is 1. The molecular formula is C22H20N2O4S. The van der Waals surface area contributed by atoms with E-state index in [1.165, 1.54) is 11.3 Å². The molecule has 0 saturated carbocycles. The molecule has 2 aromatic carbocycles. The van der Waals surface area contributed by atoms with Crippen LogP contribution in [0.25, 0.3) is 10.8 Å². The number of nitrogens with one attached hydrogen (secondary N) is 1. The second kappa shape index (κ2) is 8.05. The highest BCUT2D eigenvalue weighted by atomic mass is 32.1. The van der Waals surface area contributed by atoms with Crippen LogP contribution in [0.4, 0.5) is 5.00 Å². The zero-order chi connectivity index (χ0) is 20.4. The normalized spacial score (nSPS) is 12.6. The average Bonchev–Trinajstić information content (AvgIpc) is 3.26. The van der Waals surface area contributed by atoms with Gasteiger partial charge < -0.3 is 15.8 Å². The van der Waals surface area contributed by atoms with Gasteiger partial charge in [0.15, 0.2) is 6.61 Å². The molecule has 1 heterocycles. The van der Waals surface area contributed by atoms with Crippen LogP contribution < -0.4 is 11.1 Å². The van der Waals surface area contributed by atoms with Gasteiger partial charge in [-0.05, 0) is 41.2 Å². The quantitative estimate of drug-likeness (QED) is 0.612. The summed E-state index contributed by atoms with van der Waals surface area (Å²) in [7, 11) is 0. The number of anilines is 1. The molecule has 7 heteroatoms. The third-order valence-corrected chi connectivity index (χ3v) is 6.15. The number of aryl methyl sites for hydroxylation is 1. The lowest BCUT2D eigenvalue weighted by molar-refractivity contribution is -0.146. The first kappa shape index (κ1) is 19.1. The van der Waals surface area contributed by atoms with E-state index in [0.717, 1.165) is 46.0 Å². The van der Waals surface area contributed by atoms with E-state index in [1.807, 2.05) is 42.5 Å². The second-order valence-corrected chi connectivity index (χ2v) is 8.10. The Hall–Kier alpha value is -3.19. The summed E-state index contributed by atoms with van der Waals surface area (Å²) in [5.41, 5.74) is 7.63. The first-order valence-corrected chi connectivity index (χ1v) is 10.2. The van der Waals surface area contributed by atoms with Crippen molar-refractivity contribution in [3.63, 3.8) is 0 Å². The third-order valence-electron chi connectivity index (χ3n) is 4.95. The molecule has 1 aliphatic carbocycles. The molecule has 0 radical (unpaired) electrons. The van der Waals surface area contributed by atoms with E-state index in [9.17, 15) is 14.4 Å². The summed E-state index contributed by atoms with van der Waals surface area (Å²) in [6, 6.07) is 13.6. The van der Waals surface area contributed by atoms with Gasteiger partial charge in [0.05, 0.1) is 12.0 Å². The lowest BCUT2D eigenvalue weighted by Gasteiger charge is -2.08. The first-order chi connectivity index (χ1) is 14.0. The van der Waals surface area contributed by atoms with Gasteiger partial charge in [-0.15, -0.1) is 11.3 Å². The Kier molecular flexibility index (Phi) is 5.31. The summed E-state index contributed by atoms with van der Waals surface area (Å²) in [6.07, 6.45) is 2.75. The highest BCUT2D eigenvalue weighted by Gasteiger charge is 2.26. The molecule has 29 heavy (non-hydrogen) atoms. The van der Waals surface area contributed by atoms with Crippen molar-refractivity contribution in [1.29, 1.82) is 0 Å². The van der Waals surface area contributed by atoms with Crippen LogP contribution in [0.3, 0.4) is 0 Å². The Balaban J connectivity index is 1.35. The number of thiophene rings is 1. The van der Waals surface area contributed by atoms with Crippen LogP contribution in [0.2, 0.25) is 0 Å². The van der Waals surface area contributed by atoms with Gasteiger partial charge in [0.1, 0.15) is 5.00 Å². The van der Waals surface area contributed by atoms with Gasteiger partial charge in [0.2, 0.25) is 0 Å². The van der Waals surface area contributed by atoms with Crippen molar-refractivity contribution in [3.8, 4) is 0 Å². The summed E-state index contributed by atoms with van der Waals surface area (Å²) in [5, 5.41) is 5.25. The number of hydrogen-bond acceptors (Lipinski definition) is 5. The lowest BCUT2D eigenvalue weighted by atomic mass is 10.1. The van der Waals surface area contributed by atoms with E-state index in [2.05, 4.69) is 5.32 Å². The maximum absolute atomic E-state index is 12.2. The fourth-order valence-corrected chi connectivity index (χ4v) is 4.94. The molecule has 0 spiro atoms. The first-order valence-electron chi connectivity index (χ1n) is 9.39. The van der Waals surface area contributed by atoms with Crippen LogP contribution in [0.15, 0.2) is 42.5 Å². The van der Waals surface area contributed by atoms with Crippen molar-refractivity contribution in [1.82, 2.24) is 0 Å². The number of benzene rings is 2. The summed E-state index contributed by atoms with van der Waals surface area (Å²) < 4.78 is 5.11. The monoisotopic (exact) mass is 408 g/mol. The minimum Gasteiger partial charge on any atom is -0.455 e. The highest BCUT2D eigenvalue weighted by molar-refractivity contribution is 7.17. The van der Waals surface area contributed by atoms with Crippen molar-refractivity contribution < 1.29 is 19.1 Å². The maximum atomic E-state index is 12.2. The van der Waals surface area contributed by atoms with Crippen molar-refractivity contribution in [2.75, 3.05) is 11.9 Å². The molecule has 0 aliphatic heterocycles. The van der Waals surface area contributed by atoms with E-state index >= 15 is 0 Å². The topological polar surface area (TPSA) is 98.5 Å². The summed E-state index contributed by atoms with van der Waals surface area (Å²) >= 11 is 1.37.